The molecule has 7 heteroatoms. The van der Waals surface area contributed by atoms with Gasteiger partial charge in [0, 0.05) is 5.56 Å². The Labute approximate surface area is 140 Å². The lowest BCUT2D eigenvalue weighted by Crippen LogP contribution is -2.35. The van der Waals surface area contributed by atoms with Gasteiger partial charge in [0.25, 0.3) is 5.56 Å². The summed E-state index contributed by atoms with van der Waals surface area (Å²) < 4.78 is 1.15. The minimum Gasteiger partial charge on any atom is -0.307 e. The van der Waals surface area contributed by atoms with Crippen molar-refractivity contribution in [3.05, 3.63) is 80.4 Å². The highest BCUT2D eigenvalue weighted by molar-refractivity contribution is 7.14. The maximum atomic E-state index is 12.5. The summed E-state index contributed by atoms with van der Waals surface area (Å²) in [4.78, 5) is 27.5. The van der Waals surface area contributed by atoms with Crippen LogP contribution in [0.1, 0.15) is 5.01 Å². The van der Waals surface area contributed by atoms with Gasteiger partial charge >= 0.3 is 5.69 Å². The Balaban J connectivity index is 1.74. The first-order chi connectivity index (χ1) is 11.7. The van der Waals surface area contributed by atoms with Crippen LogP contribution in [0.5, 0.6) is 0 Å². The monoisotopic (exact) mass is 336 g/mol. The molecule has 0 atom stereocenters. The van der Waals surface area contributed by atoms with Gasteiger partial charge < -0.3 is 4.98 Å². The molecule has 2 heterocycles. The summed E-state index contributed by atoms with van der Waals surface area (Å²) in [7, 11) is 0. The Morgan fingerprint density at radius 2 is 1.71 bits per heavy atom. The first kappa shape index (κ1) is 14.5. The molecule has 118 valence electrons. The van der Waals surface area contributed by atoms with E-state index in [1.807, 2.05) is 30.3 Å². The number of aromatic amines is 1. The summed E-state index contributed by atoms with van der Waals surface area (Å²) in [5, 5.41) is 10.1. The zero-order valence-corrected chi connectivity index (χ0v) is 13.3. The van der Waals surface area contributed by atoms with Crippen molar-refractivity contribution in [3.63, 3.8) is 0 Å². The highest BCUT2D eigenvalue weighted by Gasteiger charge is 2.11. The number of rotatable bonds is 3. The number of nitrogens with one attached hydrogen (secondary N) is 1. The molecule has 0 amide bonds. The van der Waals surface area contributed by atoms with E-state index in [2.05, 4.69) is 15.2 Å². The van der Waals surface area contributed by atoms with Gasteiger partial charge in [0.1, 0.15) is 10.0 Å². The fraction of sp³-hybridized carbons (Fsp3) is 0.0588. The maximum Gasteiger partial charge on any atom is 0.329 e. The predicted octanol–water partition coefficient (Wildman–Crippen LogP) is 2.26. The van der Waals surface area contributed by atoms with Crippen LogP contribution in [0.3, 0.4) is 0 Å². The standard InChI is InChI=1S/C17H12N4O2S/c22-16-12-8-4-5-9-13(12)18-17(23)21(16)10-14-19-20-15(24-14)11-6-2-1-3-7-11/h1-9H,10H2,(H,18,23). The van der Waals surface area contributed by atoms with Crippen molar-refractivity contribution in [2.24, 2.45) is 0 Å². The number of H-pyrrole nitrogens is 1. The zero-order valence-electron chi connectivity index (χ0n) is 12.5. The topological polar surface area (TPSA) is 80.6 Å². The second-order valence-corrected chi connectivity index (χ2v) is 6.30. The van der Waals surface area contributed by atoms with Gasteiger partial charge in [-0.05, 0) is 12.1 Å². The SMILES string of the molecule is O=c1[nH]c2ccccc2c(=O)n1Cc1nnc(-c2ccccc2)s1. The second kappa shape index (κ2) is 5.86. The molecule has 1 N–H and O–H groups in total. The van der Waals surface area contributed by atoms with Gasteiger partial charge in [-0.25, -0.2) is 4.79 Å². The fourth-order valence-electron chi connectivity index (χ4n) is 2.49. The van der Waals surface area contributed by atoms with Crippen LogP contribution in [0.15, 0.2) is 64.2 Å². The van der Waals surface area contributed by atoms with E-state index in [0.29, 0.717) is 15.9 Å². The van der Waals surface area contributed by atoms with Crippen LogP contribution >= 0.6 is 11.3 Å². The number of benzene rings is 2. The number of aromatic nitrogens is 4. The molecule has 0 aliphatic heterocycles. The Morgan fingerprint density at radius 1 is 0.958 bits per heavy atom. The van der Waals surface area contributed by atoms with Gasteiger partial charge in [-0.2, -0.15) is 0 Å². The lowest BCUT2D eigenvalue weighted by Gasteiger charge is -2.03. The number of hydrogen-bond donors (Lipinski definition) is 1. The third-order valence-electron chi connectivity index (χ3n) is 3.67. The van der Waals surface area contributed by atoms with Crippen LogP contribution in [0, 0.1) is 0 Å². The molecule has 0 aliphatic carbocycles. The second-order valence-electron chi connectivity index (χ2n) is 5.23. The quantitative estimate of drug-likeness (QED) is 0.622. The molecule has 0 fully saturated rings. The predicted molar refractivity (Wildman–Crippen MR) is 93.3 cm³/mol. The van der Waals surface area contributed by atoms with Crippen molar-refractivity contribution in [2.45, 2.75) is 6.54 Å². The molecular weight excluding hydrogens is 324 g/mol. The number of fused-ring (bicyclic) bond motifs is 1. The molecule has 0 unspecified atom stereocenters. The summed E-state index contributed by atoms with van der Waals surface area (Å²) in [5.41, 5.74) is 0.716. The van der Waals surface area contributed by atoms with Crippen molar-refractivity contribution in [1.82, 2.24) is 19.7 Å². The maximum absolute atomic E-state index is 12.5. The Kier molecular flexibility index (Phi) is 3.55. The summed E-state index contributed by atoms with van der Waals surface area (Å²) in [6, 6.07) is 16.6. The lowest BCUT2D eigenvalue weighted by atomic mass is 10.2. The molecule has 2 aromatic carbocycles. The van der Waals surface area contributed by atoms with Gasteiger partial charge in [-0.1, -0.05) is 53.8 Å². The first-order valence-corrected chi connectivity index (χ1v) is 8.14. The number of nitrogens with zero attached hydrogens (tertiary/aromatic N) is 3. The molecule has 6 nitrogen and oxygen atoms in total. The Hall–Kier alpha value is -3.06. The highest BCUT2D eigenvalue weighted by atomic mass is 32.1. The summed E-state index contributed by atoms with van der Waals surface area (Å²) in [5.74, 6) is 0. The average molecular weight is 336 g/mol. The van der Waals surface area contributed by atoms with Gasteiger partial charge in [-0.3, -0.25) is 9.36 Å². The van der Waals surface area contributed by atoms with Crippen LogP contribution in [0.4, 0.5) is 0 Å². The molecule has 4 aromatic rings. The molecule has 0 saturated carbocycles. The summed E-state index contributed by atoms with van der Waals surface area (Å²) >= 11 is 1.37. The molecule has 0 aliphatic rings. The van der Waals surface area contributed by atoms with Crippen LogP contribution in [-0.2, 0) is 6.54 Å². The summed E-state index contributed by atoms with van der Waals surface area (Å²) in [6.45, 7) is 0.101. The molecule has 4 rings (SSSR count). The van der Waals surface area contributed by atoms with E-state index in [1.165, 1.54) is 11.3 Å². The average Bonchev–Trinajstić information content (AvgIpc) is 3.08. The van der Waals surface area contributed by atoms with E-state index in [1.54, 1.807) is 24.3 Å². The zero-order chi connectivity index (χ0) is 16.5. The van der Waals surface area contributed by atoms with Crippen LogP contribution < -0.4 is 11.2 Å². The molecule has 24 heavy (non-hydrogen) atoms. The molecule has 0 saturated heterocycles. The number of hydrogen-bond acceptors (Lipinski definition) is 5. The van der Waals surface area contributed by atoms with E-state index < -0.39 is 5.69 Å². The normalized spacial score (nSPS) is 11.0. The highest BCUT2D eigenvalue weighted by Crippen LogP contribution is 2.23. The fourth-order valence-corrected chi connectivity index (χ4v) is 3.33. The molecule has 0 spiro atoms. The van der Waals surface area contributed by atoms with Crippen LogP contribution in [0.2, 0.25) is 0 Å². The first-order valence-electron chi connectivity index (χ1n) is 7.32. The van der Waals surface area contributed by atoms with Crippen molar-refractivity contribution in [2.75, 3.05) is 0 Å². The molecule has 0 bridgehead atoms. The van der Waals surface area contributed by atoms with Crippen LogP contribution in [0.25, 0.3) is 21.5 Å². The van der Waals surface area contributed by atoms with Crippen molar-refractivity contribution < 1.29 is 0 Å². The third kappa shape index (κ3) is 2.55. The molecular formula is C17H12N4O2S. The molecule has 2 aromatic heterocycles. The van der Waals surface area contributed by atoms with Gasteiger partial charge in [0.15, 0.2) is 0 Å². The number of para-hydroxylation sites is 1. The summed E-state index contributed by atoms with van der Waals surface area (Å²) in [6.07, 6.45) is 0. The van der Waals surface area contributed by atoms with Crippen molar-refractivity contribution in [3.8, 4) is 10.6 Å². The van der Waals surface area contributed by atoms with Crippen molar-refractivity contribution in [1.29, 1.82) is 0 Å². The largest absolute Gasteiger partial charge is 0.329 e. The third-order valence-corrected chi connectivity index (χ3v) is 4.63. The Bertz CT molecular complexity index is 1130. The van der Waals surface area contributed by atoms with Gasteiger partial charge in [-0.15, -0.1) is 10.2 Å². The van der Waals surface area contributed by atoms with E-state index in [4.69, 9.17) is 0 Å². The minimum atomic E-state index is -0.449. The van der Waals surface area contributed by atoms with Gasteiger partial charge in [0.05, 0.1) is 17.4 Å². The van der Waals surface area contributed by atoms with E-state index in [-0.39, 0.29) is 12.1 Å². The molecule has 0 radical (unpaired) electrons. The smallest absolute Gasteiger partial charge is 0.307 e. The lowest BCUT2D eigenvalue weighted by molar-refractivity contribution is 0.701. The van der Waals surface area contributed by atoms with Crippen molar-refractivity contribution >= 4 is 22.2 Å². The minimum absolute atomic E-state index is 0.101. The van der Waals surface area contributed by atoms with E-state index >= 15 is 0 Å². The Morgan fingerprint density at radius 3 is 2.54 bits per heavy atom. The van der Waals surface area contributed by atoms with E-state index in [0.717, 1.165) is 15.1 Å². The van der Waals surface area contributed by atoms with Crippen LogP contribution in [-0.4, -0.2) is 19.7 Å². The van der Waals surface area contributed by atoms with E-state index in [9.17, 15) is 9.59 Å². The van der Waals surface area contributed by atoms with Gasteiger partial charge in [0.2, 0.25) is 0 Å².